The van der Waals surface area contributed by atoms with Crippen LogP contribution in [0, 0.1) is 5.92 Å². The molecule has 1 aliphatic heterocycles. The van der Waals surface area contributed by atoms with E-state index in [0.29, 0.717) is 16.8 Å². The number of nitrogens with one attached hydrogen (secondary N) is 1. The average Bonchev–Trinajstić information content (AvgIpc) is 3.41. The van der Waals surface area contributed by atoms with Gasteiger partial charge in [-0.1, -0.05) is 11.6 Å². The van der Waals surface area contributed by atoms with Crippen LogP contribution in [0.3, 0.4) is 0 Å². The zero-order valence-corrected chi connectivity index (χ0v) is 14.2. The van der Waals surface area contributed by atoms with Gasteiger partial charge in [0.25, 0.3) is 0 Å². The number of carbonyl (C=O) groups is 1. The maximum Gasteiger partial charge on any atom is 0.228 e. The zero-order valence-electron chi connectivity index (χ0n) is 13.4. The number of nitrogens with zero attached hydrogens (tertiary/aromatic N) is 2. The second-order valence-electron chi connectivity index (χ2n) is 6.06. The van der Waals surface area contributed by atoms with Gasteiger partial charge in [0.05, 0.1) is 0 Å². The summed E-state index contributed by atoms with van der Waals surface area (Å²) in [5, 5.41) is 4.64. The number of pyridine rings is 2. The van der Waals surface area contributed by atoms with Crippen LogP contribution in [0.25, 0.3) is 10.8 Å². The highest BCUT2D eigenvalue weighted by atomic mass is 35.5. The highest BCUT2D eigenvalue weighted by molar-refractivity contribution is 6.30. The van der Waals surface area contributed by atoms with Gasteiger partial charge in [-0.2, -0.15) is 0 Å². The molecule has 2 fully saturated rings. The van der Waals surface area contributed by atoms with Crippen LogP contribution in [0.1, 0.15) is 32.1 Å². The molecule has 3 heterocycles. The fourth-order valence-electron chi connectivity index (χ4n) is 2.47. The van der Waals surface area contributed by atoms with Crippen molar-refractivity contribution in [3.63, 3.8) is 0 Å². The molecule has 0 spiro atoms. The van der Waals surface area contributed by atoms with Gasteiger partial charge in [0.1, 0.15) is 16.8 Å². The van der Waals surface area contributed by atoms with Crippen LogP contribution in [-0.4, -0.2) is 29.1 Å². The Morgan fingerprint density at radius 1 is 1.25 bits per heavy atom. The van der Waals surface area contributed by atoms with Crippen molar-refractivity contribution in [2.75, 3.05) is 24.3 Å². The molecule has 0 atom stereocenters. The Kier molecular flexibility index (Phi) is 5.48. The second-order valence-corrected chi connectivity index (χ2v) is 6.44. The van der Waals surface area contributed by atoms with Gasteiger partial charge in [-0.05, 0) is 49.6 Å². The molecule has 1 saturated carbocycles. The van der Waals surface area contributed by atoms with Crippen LogP contribution < -0.4 is 11.1 Å². The van der Waals surface area contributed by atoms with Gasteiger partial charge < -0.3 is 15.8 Å². The molecule has 7 heteroatoms. The van der Waals surface area contributed by atoms with Crippen molar-refractivity contribution in [2.24, 2.45) is 5.92 Å². The number of nitrogens with two attached hydrogens (primary N) is 1. The molecule has 2 aromatic heterocycles. The molecule has 2 aliphatic rings. The summed E-state index contributed by atoms with van der Waals surface area (Å²) in [5.74, 6) is 1.02. The normalized spacial score (nSPS) is 17.0. The molecule has 128 valence electrons. The Morgan fingerprint density at radius 2 is 2.00 bits per heavy atom. The third-order valence-electron chi connectivity index (χ3n) is 3.99. The number of aromatic nitrogens is 2. The fraction of sp³-hybridized carbons (Fsp3) is 0.471. The smallest absolute Gasteiger partial charge is 0.228 e. The van der Waals surface area contributed by atoms with Gasteiger partial charge >= 0.3 is 0 Å². The monoisotopic (exact) mass is 348 g/mol. The maximum absolute atomic E-state index is 11.6. The number of halogens is 1. The van der Waals surface area contributed by atoms with Crippen LogP contribution in [0.2, 0.25) is 5.15 Å². The number of hydrogen-bond donors (Lipinski definition) is 2. The largest absolute Gasteiger partial charge is 0.383 e. The predicted octanol–water partition coefficient (Wildman–Crippen LogP) is 3.40. The minimum absolute atomic E-state index is 0.0231. The van der Waals surface area contributed by atoms with E-state index in [1.54, 1.807) is 18.3 Å². The molecular formula is C17H21ClN4O2. The van der Waals surface area contributed by atoms with Gasteiger partial charge in [-0.3, -0.25) is 4.79 Å². The van der Waals surface area contributed by atoms with Gasteiger partial charge in [-0.25, -0.2) is 9.97 Å². The Balaban J connectivity index is 0.000000238. The second kappa shape index (κ2) is 7.77. The SMILES string of the molecule is C1CCOCC1.Nc1nc(Cl)cc2cc(NC(=O)C3CC3)ncc12. The Bertz CT molecular complexity index is 718. The van der Waals surface area contributed by atoms with E-state index in [9.17, 15) is 4.79 Å². The average molecular weight is 349 g/mol. The molecule has 1 aliphatic carbocycles. The lowest BCUT2D eigenvalue weighted by Crippen LogP contribution is -2.14. The van der Waals surface area contributed by atoms with Crippen LogP contribution in [0.15, 0.2) is 18.3 Å². The van der Waals surface area contributed by atoms with Gasteiger partial charge in [0, 0.05) is 30.7 Å². The number of hydrogen-bond acceptors (Lipinski definition) is 5. The summed E-state index contributed by atoms with van der Waals surface area (Å²) in [6, 6.07) is 3.45. The van der Waals surface area contributed by atoms with Crippen molar-refractivity contribution in [1.29, 1.82) is 0 Å². The highest BCUT2D eigenvalue weighted by Crippen LogP contribution is 2.30. The molecule has 24 heavy (non-hydrogen) atoms. The number of ether oxygens (including phenoxy) is 1. The third-order valence-corrected chi connectivity index (χ3v) is 4.18. The summed E-state index contributed by atoms with van der Waals surface area (Å²) in [7, 11) is 0. The lowest BCUT2D eigenvalue weighted by molar-refractivity contribution is -0.117. The van der Waals surface area contributed by atoms with E-state index in [2.05, 4.69) is 15.3 Å². The van der Waals surface area contributed by atoms with Crippen LogP contribution >= 0.6 is 11.6 Å². The number of rotatable bonds is 2. The fourth-order valence-corrected chi connectivity index (χ4v) is 2.68. The molecular weight excluding hydrogens is 328 g/mol. The summed E-state index contributed by atoms with van der Waals surface area (Å²) in [5.41, 5.74) is 5.74. The van der Waals surface area contributed by atoms with E-state index in [0.717, 1.165) is 36.8 Å². The number of amides is 1. The summed E-state index contributed by atoms with van der Waals surface area (Å²) in [4.78, 5) is 19.7. The van der Waals surface area contributed by atoms with E-state index in [1.165, 1.54) is 19.3 Å². The van der Waals surface area contributed by atoms with Gasteiger partial charge in [0.15, 0.2) is 0 Å². The lowest BCUT2D eigenvalue weighted by Gasteiger charge is -2.08. The van der Waals surface area contributed by atoms with Crippen LogP contribution in [0.5, 0.6) is 0 Å². The van der Waals surface area contributed by atoms with Crippen LogP contribution in [-0.2, 0) is 9.53 Å². The van der Waals surface area contributed by atoms with Crippen molar-refractivity contribution >= 4 is 39.9 Å². The Morgan fingerprint density at radius 3 is 2.58 bits per heavy atom. The predicted molar refractivity (Wildman–Crippen MR) is 95.0 cm³/mol. The van der Waals surface area contributed by atoms with Crippen molar-refractivity contribution in [1.82, 2.24) is 9.97 Å². The standard InChI is InChI=1S/C12H11ClN4O.C5H10O/c13-9-3-7-4-10(17-12(18)6-1-2-6)15-5-8(7)11(14)16-9;1-2-4-6-5-3-1/h3-6H,1-2H2,(H2,14,16)(H,15,17,18);1-5H2. The summed E-state index contributed by atoms with van der Waals surface area (Å²) < 4.78 is 5.07. The molecule has 3 N–H and O–H groups in total. The van der Waals surface area contributed by atoms with E-state index < -0.39 is 0 Å². The van der Waals surface area contributed by atoms with Crippen molar-refractivity contribution in [3.8, 4) is 0 Å². The molecule has 0 aromatic carbocycles. The topological polar surface area (TPSA) is 90.1 Å². The Hall–Kier alpha value is -1.92. The number of anilines is 2. The quantitative estimate of drug-likeness (QED) is 0.812. The van der Waals surface area contributed by atoms with Crippen LogP contribution in [0.4, 0.5) is 11.6 Å². The van der Waals surface area contributed by atoms with E-state index >= 15 is 0 Å². The minimum Gasteiger partial charge on any atom is -0.383 e. The molecule has 4 rings (SSSR count). The zero-order chi connectivity index (χ0) is 16.9. The van der Waals surface area contributed by atoms with Gasteiger partial charge in [0.2, 0.25) is 5.91 Å². The molecule has 2 aromatic rings. The van der Waals surface area contributed by atoms with E-state index in [1.807, 2.05) is 0 Å². The van der Waals surface area contributed by atoms with Crippen molar-refractivity contribution in [2.45, 2.75) is 32.1 Å². The molecule has 1 amide bonds. The third kappa shape index (κ3) is 4.55. The number of nitrogen functional groups attached to an aromatic ring is 1. The highest BCUT2D eigenvalue weighted by Gasteiger charge is 2.29. The summed E-state index contributed by atoms with van der Waals surface area (Å²) in [6.07, 6.45) is 7.45. The lowest BCUT2D eigenvalue weighted by atomic mass is 10.2. The molecule has 0 radical (unpaired) electrons. The molecule has 6 nitrogen and oxygen atoms in total. The first-order valence-electron chi connectivity index (χ1n) is 8.24. The van der Waals surface area contributed by atoms with E-state index in [-0.39, 0.29) is 11.8 Å². The number of fused-ring (bicyclic) bond motifs is 1. The number of carbonyl (C=O) groups excluding carboxylic acids is 1. The first kappa shape index (κ1) is 16.9. The summed E-state index contributed by atoms with van der Waals surface area (Å²) in [6.45, 7) is 2.00. The molecule has 1 saturated heterocycles. The van der Waals surface area contributed by atoms with Crippen molar-refractivity contribution < 1.29 is 9.53 Å². The molecule has 0 unspecified atom stereocenters. The Labute approximate surface area is 145 Å². The molecule has 0 bridgehead atoms. The minimum atomic E-state index is 0.0231. The summed E-state index contributed by atoms with van der Waals surface area (Å²) >= 11 is 5.84. The first-order chi connectivity index (χ1) is 11.6. The maximum atomic E-state index is 11.6. The van der Waals surface area contributed by atoms with E-state index in [4.69, 9.17) is 22.1 Å². The van der Waals surface area contributed by atoms with Gasteiger partial charge in [-0.15, -0.1) is 0 Å². The first-order valence-corrected chi connectivity index (χ1v) is 8.61. The van der Waals surface area contributed by atoms with Crippen molar-refractivity contribution in [3.05, 3.63) is 23.5 Å².